The predicted octanol–water partition coefficient (Wildman–Crippen LogP) is 3.03. The lowest BCUT2D eigenvalue weighted by Gasteiger charge is -2.13. The molecule has 2 aromatic rings. The van der Waals surface area contributed by atoms with Crippen molar-refractivity contribution in [3.63, 3.8) is 0 Å². The van der Waals surface area contributed by atoms with Gasteiger partial charge in [-0.25, -0.2) is 8.78 Å². The Morgan fingerprint density at radius 2 is 1.93 bits per heavy atom. The minimum Gasteiger partial charge on any atom is -0.489 e. The fourth-order valence-electron chi connectivity index (χ4n) is 2.48. The lowest BCUT2D eigenvalue weighted by atomic mass is 10.3. The highest BCUT2D eigenvalue weighted by molar-refractivity contribution is 14.0. The lowest BCUT2D eigenvalue weighted by molar-refractivity contribution is 0.304. The first-order valence-corrected chi connectivity index (χ1v) is 8.53. The number of aryl methyl sites for hydroxylation is 3. The summed E-state index contributed by atoms with van der Waals surface area (Å²) in [5.74, 6) is -0.669. The third-order valence-electron chi connectivity index (χ3n) is 3.71. The molecule has 0 spiro atoms. The zero-order valence-corrected chi connectivity index (χ0v) is 18.1. The van der Waals surface area contributed by atoms with Crippen molar-refractivity contribution in [2.75, 3.05) is 26.7 Å². The summed E-state index contributed by atoms with van der Waals surface area (Å²) >= 11 is 0. The Morgan fingerprint density at radius 1 is 1.19 bits per heavy atom. The molecule has 0 radical (unpaired) electrons. The molecule has 0 saturated heterocycles. The zero-order chi connectivity index (χ0) is 18.9. The van der Waals surface area contributed by atoms with Crippen LogP contribution in [-0.2, 0) is 6.54 Å². The van der Waals surface area contributed by atoms with Crippen LogP contribution in [0.1, 0.15) is 17.8 Å². The van der Waals surface area contributed by atoms with Gasteiger partial charge in [0.05, 0.1) is 12.2 Å². The highest BCUT2D eigenvalue weighted by Crippen LogP contribution is 2.17. The molecule has 1 aromatic carbocycles. The van der Waals surface area contributed by atoms with Crippen LogP contribution in [0.25, 0.3) is 0 Å². The summed E-state index contributed by atoms with van der Waals surface area (Å²) in [6.07, 6.45) is 0.903. The average molecular weight is 493 g/mol. The number of benzene rings is 1. The second kappa shape index (κ2) is 11.7. The molecule has 27 heavy (non-hydrogen) atoms. The van der Waals surface area contributed by atoms with Crippen molar-refractivity contribution in [1.82, 2.24) is 20.4 Å². The monoisotopic (exact) mass is 493 g/mol. The summed E-state index contributed by atoms with van der Waals surface area (Å²) in [6, 6.07) is 5.29. The molecule has 1 heterocycles. The van der Waals surface area contributed by atoms with Gasteiger partial charge in [0.15, 0.2) is 17.5 Å². The predicted molar refractivity (Wildman–Crippen MR) is 113 cm³/mol. The van der Waals surface area contributed by atoms with E-state index in [1.165, 1.54) is 6.07 Å². The highest BCUT2D eigenvalue weighted by Gasteiger charge is 2.05. The summed E-state index contributed by atoms with van der Waals surface area (Å²) < 4.78 is 33.6. The van der Waals surface area contributed by atoms with Crippen LogP contribution in [0.4, 0.5) is 8.78 Å². The van der Waals surface area contributed by atoms with Crippen molar-refractivity contribution in [1.29, 1.82) is 0 Å². The normalized spacial score (nSPS) is 11.1. The molecule has 1 aromatic heterocycles. The second-order valence-corrected chi connectivity index (χ2v) is 5.85. The number of aliphatic imine (C=N–C) groups is 1. The number of hydrogen-bond acceptors (Lipinski definition) is 3. The summed E-state index contributed by atoms with van der Waals surface area (Å²) in [5, 5.41) is 10.7. The molecule has 150 valence electrons. The van der Waals surface area contributed by atoms with Crippen LogP contribution >= 0.6 is 24.0 Å². The van der Waals surface area contributed by atoms with Crippen molar-refractivity contribution in [3.05, 3.63) is 47.3 Å². The van der Waals surface area contributed by atoms with E-state index in [4.69, 9.17) is 4.74 Å². The molecule has 9 heteroatoms. The van der Waals surface area contributed by atoms with E-state index in [1.54, 1.807) is 7.05 Å². The highest BCUT2D eigenvalue weighted by atomic mass is 127. The third-order valence-corrected chi connectivity index (χ3v) is 3.71. The van der Waals surface area contributed by atoms with E-state index < -0.39 is 11.6 Å². The lowest BCUT2D eigenvalue weighted by Crippen LogP contribution is -2.39. The molecule has 6 nitrogen and oxygen atoms in total. The third kappa shape index (κ3) is 7.69. The van der Waals surface area contributed by atoms with Gasteiger partial charge in [-0.15, -0.1) is 24.0 Å². The number of nitrogens with zero attached hydrogens (tertiary/aromatic N) is 3. The van der Waals surface area contributed by atoms with Crippen molar-refractivity contribution in [3.8, 4) is 5.75 Å². The van der Waals surface area contributed by atoms with Crippen LogP contribution < -0.4 is 15.4 Å². The van der Waals surface area contributed by atoms with Gasteiger partial charge >= 0.3 is 0 Å². The molecular weight excluding hydrogens is 467 g/mol. The van der Waals surface area contributed by atoms with Gasteiger partial charge in [0, 0.05) is 31.9 Å². The fraction of sp³-hybridized carbons (Fsp3) is 0.444. The number of halogens is 3. The maximum atomic E-state index is 13.4. The van der Waals surface area contributed by atoms with E-state index in [-0.39, 0.29) is 36.3 Å². The summed E-state index contributed by atoms with van der Waals surface area (Å²) in [5.41, 5.74) is 2.17. The molecule has 0 aliphatic rings. The zero-order valence-electron chi connectivity index (χ0n) is 15.8. The molecule has 0 aliphatic heterocycles. The average Bonchev–Trinajstić information content (AvgIpc) is 2.92. The molecule has 0 fully saturated rings. The van der Waals surface area contributed by atoms with E-state index in [0.717, 1.165) is 43.0 Å². The fourth-order valence-corrected chi connectivity index (χ4v) is 2.48. The maximum Gasteiger partial charge on any atom is 0.191 e. The first-order valence-electron chi connectivity index (χ1n) is 8.53. The van der Waals surface area contributed by atoms with Gasteiger partial charge in [0.2, 0.25) is 0 Å². The van der Waals surface area contributed by atoms with Crippen LogP contribution in [0.15, 0.2) is 29.3 Å². The van der Waals surface area contributed by atoms with E-state index in [0.29, 0.717) is 12.5 Å². The molecule has 0 unspecified atom stereocenters. The first-order chi connectivity index (χ1) is 12.5. The van der Waals surface area contributed by atoms with Gasteiger partial charge in [-0.1, -0.05) is 0 Å². The van der Waals surface area contributed by atoms with Crippen molar-refractivity contribution < 1.29 is 13.5 Å². The Kier molecular flexibility index (Phi) is 10.0. The number of ether oxygens (including phenoxy) is 1. The van der Waals surface area contributed by atoms with Crippen LogP contribution in [0.5, 0.6) is 5.75 Å². The van der Waals surface area contributed by atoms with Gasteiger partial charge in [-0.2, -0.15) is 5.10 Å². The smallest absolute Gasteiger partial charge is 0.191 e. The topological polar surface area (TPSA) is 63.5 Å². The first kappa shape index (κ1) is 23.1. The summed E-state index contributed by atoms with van der Waals surface area (Å²) in [4.78, 5) is 4.12. The Hall–Kier alpha value is -1.91. The summed E-state index contributed by atoms with van der Waals surface area (Å²) in [6.45, 7) is 6.26. The largest absolute Gasteiger partial charge is 0.489 e. The Labute approximate surface area is 175 Å². The SMILES string of the molecule is CN=C(NCCCn1nc(C)cc1C)NCCOc1ccc(F)cc1F.I. The number of nitrogens with one attached hydrogen (secondary N) is 2. The quantitative estimate of drug-likeness (QED) is 0.257. The minimum absolute atomic E-state index is 0. The molecular formula is C18H26F2IN5O. The van der Waals surface area contributed by atoms with Crippen molar-refractivity contribution >= 4 is 29.9 Å². The molecule has 0 saturated carbocycles. The maximum absolute atomic E-state index is 13.4. The molecule has 0 aliphatic carbocycles. The van der Waals surface area contributed by atoms with Crippen molar-refractivity contribution in [2.45, 2.75) is 26.8 Å². The van der Waals surface area contributed by atoms with E-state index in [9.17, 15) is 8.78 Å². The Balaban J connectivity index is 0.00000364. The number of aromatic nitrogens is 2. The van der Waals surface area contributed by atoms with E-state index >= 15 is 0 Å². The number of guanidine groups is 1. The molecule has 0 atom stereocenters. The second-order valence-electron chi connectivity index (χ2n) is 5.85. The van der Waals surface area contributed by atoms with Crippen LogP contribution in [-0.4, -0.2) is 42.5 Å². The Bertz CT molecular complexity index is 751. The van der Waals surface area contributed by atoms with Crippen LogP contribution in [0.3, 0.4) is 0 Å². The van der Waals surface area contributed by atoms with Gasteiger partial charge < -0.3 is 15.4 Å². The molecule has 0 amide bonds. The van der Waals surface area contributed by atoms with E-state index in [2.05, 4.69) is 26.8 Å². The minimum atomic E-state index is -0.711. The van der Waals surface area contributed by atoms with E-state index in [1.807, 2.05) is 18.5 Å². The van der Waals surface area contributed by atoms with Crippen LogP contribution in [0, 0.1) is 25.5 Å². The molecule has 2 N–H and O–H groups in total. The number of rotatable bonds is 8. The van der Waals surface area contributed by atoms with Crippen LogP contribution in [0.2, 0.25) is 0 Å². The molecule has 0 bridgehead atoms. The standard InChI is InChI=1S/C18H25F2N5O.HI/c1-13-11-14(2)25(24-13)9-4-7-22-18(21-3)23-8-10-26-17-6-5-15(19)12-16(17)20;/h5-6,11-12H,4,7-10H2,1-3H3,(H2,21,22,23);1H. The van der Waals surface area contributed by atoms with Crippen molar-refractivity contribution in [2.24, 2.45) is 4.99 Å². The molecule has 2 rings (SSSR count). The number of hydrogen-bond donors (Lipinski definition) is 2. The van der Waals surface area contributed by atoms with Gasteiger partial charge in [-0.05, 0) is 38.5 Å². The summed E-state index contributed by atoms with van der Waals surface area (Å²) in [7, 11) is 1.68. The van der Waals surface area contributed by atoms with Gasteiger partial charge in [0.1, 0.15) is 12.4 Å². The Morgan fingerprint density at radius 3 is 2.56 bits per heavy atom. The van der Waals surface area contributed by atoms with Gasteiger partial charge in [0.25, 0.3) is 0 Å². The van der Waals surface area contributed by atoms with Gasteiger partial charge in [-0.3, -0.25) is 9.67 Å².